The zero-order valence-corrected chi connectivity index (χ0v) is 10.6. The zero-order chi connectivity index (χ0) is 10.9. The van der Waals surface area contributed by atoms with E-state index in [0.717, 1.165) is 0 Å². The summed E-state index contributed by atoms with van der Waals surface area (Å²) in [6.07, 6.45) is 10.00. The van der Waals surface area contributed by atoms with E-state index in [9.17, 15) is 0 Å². The number of nitrogens with zero attached hydrogens (tertiary/aromatic N) is 1. The molecule has 0 amide bonds. The fraction of sp³-hybridized carbons (Fsp3) is 0.750. The fourth-order valence-electron chi connectivity index (χ4n) is 1.78. The maximum absolute atomic E-state index is 4.13. The van der Waals surface area contributed by atoms with Gasteiger partial charge in [0.1, 0.15) is 0 Å². The predicted octanol–water partition coefficient (Wildman–Crippen LogP) is 3.76. The Bertz CT molecular complexity index is 234. The molecule has 0 saturated carbocycles. The van der Waals surface area contributed by atoms with Gasteiger partial charge >= 0.3 is 0 Å². The van der Waals surface area contributed by atoms with Crippen molar-refractivity contribution in [1.82, 2.24) is 10.3 Å². The minimum Gasteiger partial charge on any atom is -0.312 e. The van der Waals surface area contributed by atoms with Gasteiger partial charge < -0.3 is 5.32 Å². The summed E-state index contributed by atoms with van der Waals surface area (Å²) in [5.41, 5.74) is 1.91. The van der Waals surface area contributed by atoms with E-state index in [4.69, 9.17) is 0 Å². The number of hydrogen-bond donors (Lipinski definition) is 1. The Hall–Kier alpha value is -0.410. The van der Waals surface area contributed by atoms with E-state index < -0.39 is 0 Å². The van der Waals surface area contributed by atoms with Crippen molar-refractivity contribution in [3.63, 3.8) is 0 Å². The highest BCUT2D eigenvalue weighted by atomic mass is 32.1. The third-order valence-electron chi connectivity index (χ3n) is 2.74. The molecule has 0 spiro atoms. The van der Waals surface area contributed by atoms with Crippen molar-refractivity contribution in [2.24, 2.45) is 0 Å². The Morgan fingerprint density at radius 2 is 2.13 bits per heavy atom. The molecule has 0 aromatic carbocycles. The Balaban J connectivity index is 2.18. The summed E-state index contributed by atoms with van der Waals surface area (Å²) in [5, 5.41) is 3.37. The largest absolute Gasteiger partial charge is 0.312 e. The lowest BCUT2D eigenvalue weighted by molar-refractivity contribution is 0.506. The minimum atomic E-state index is 0.513. The monoisotopic (exact) mass is 226 g/mol. The molecule has 0 radical (unpaired) electrons. The van der Waals surface area contributed by atoms with Gasteiger partial charge in [0.05, 0.1) is 5.51 Å². The van der Waals surface area contributed by atoms with Gasteiger partial charge in [0.2, 0.25) is 0 Å². The van der Waals surface area contributed by atoms with Gasteiger partial charge in [-0.15, -0.1) is 11.3 Å². The van der Waals surface area contributed by atoms with Gasteiger partial charge in [0.25, 0.3) is 0 Å². The van der Waals surface area contributed by atoms with Crippen LogP contribution in [0.3, 0.4) is 0 Å². The second-order valence-corrected chi connectivity index (χ2v) is 4.87. The lowest BCUT2D eigenvalue weighted by Crippen LogP contribution is -2.14. The van der Waals surface area contributed by atoms with Crippen LogP contribution in [0.25, 0.3) is 0 Å². The SMILES string of the molecule is CCCCCCCC(NC)c1cncs1. The highest BCUT2D eigenvalue weighted by molar-refractivity contribution is 7.09. The Kier molecular flexibility index (Phi) is 6.60. The number of aromatic nitrogens is 1. The highest BCUT2D eigenvalue weighted by Gasteiger charge is 2.09. The van der Waals surface area contributed by atoms with Crippen LogP contribution in [0.2, 0.25) is 0 Å². The lowest BCUT2D eigenvalue weighted by atomic mass is 10.1. The number of unbranched alkanes of at least 4 members (excludes halogenated alkanes) is 4. The van der Waals surface area contributed by atoms with Crippen LogP contribution in [0.5, 0.6) is 0 Å². The molecule has 0 bridgehead atoms. The first kappa shape index (κ1) is 12.7. The molecule has 0 saturated heterocycles. The maximum Gasteiger partial charge on any atom is 0.0794 e. The average Bonchev–Trinajstić information content (AvgIpc) is 2.77. The van der Waals surface area contributed by atoms with Crippen LogP contribution >= 0.6 is 11.3 Å². The summed E-state index contributed by atoms with van der Waals surface area (Å²) in [7, 11) is 2.04. The van der Waals surface area contributed by atoms with Crippen LogP contribution in [0.1, 0.15) is 56.4 Å². The molecule has 0 fully saturated rings. The van der Waals surface area contributed by atoms with Crippen molar-refractivity contribution in [3.8, 4) is 0 Å². The fourth-order valence-corrected chi connectivity index (χ4v) is 2.54. The van der Waals surface area contributed by atoms with Gasteiger partial charge in [-0.25, -0.2) is 0 Å². The summed E-state index contributed by atoms with van der Waals surface area (Å²) in [4.78, 5) is 5.50. The minimum absolute atomic E-state index is 0.513. The molecule has 3 heteroatoms. The molecule has 1 aromatic rings. The topological polar surface area (TPSA) is 24.9 Å². The molecule has 86 valence electrons. The van der Waals surface area contributed by atoms with E-state index in [0.29, 0.717) is 6.04 Å². The quantitative estimate of drug-likeness (QED) is 0.683. The molecule has 1 heterocycles. The number of nitrogens with one attached hydrogen (secondary N) is 1. The van der Waals surface area contributed by atoms with E-state index in [1.54, 1.807) is 11.3 Å². The highest BCUT2D eigenvalue weighted by Crippen LogP contribution is 2.22. The molecule has 1 N–H and O–H groups in total. The molecule has 1 unspecified atom stereocenters. The summed E-state index contributed by atoms with van der Waals surface area (Å²) in [6.45, 7) is 2.26. The van der Waals surface area contributed by atoms with E-state index in [1.807, 2.05) is 18.8 Å². The lowest BCUT2D eigenvalue weighted by Gasteiger charge is -2.13. The average molecular weight is 226 g/mol. The number of rotatable bonds is 8. The summed E-state index contributed by atoms with van der Waals surface area (Å²) < 4.78 is 0. The second kappa shape index (κ2) is 7.83. The molecule has 1 aromatic heterocycles. The van der Waals surface area contributed by atoms with Crippen LogP contribution < -0.4 is 5.32 Å². The first-order chi connectivity index (χ1) is 7.38. The van der Waals surface area contributed by atoms with Crippen LogP contribution in [0, 0.1) is 0 Å². The second-order valence-electron chi connectivity index (χ2n) is 3.95. The van der Waals surface area contributed by atoms with Crippen molar-refractivity contribution >= 4 is 11.3 Å². The number of thiazole rings is 1. The van der Waals surface area contributed by atoms with Gasteiger partial charge in [-0.3, -0.25) is 4.98 Å². The molecule has 0 aliphatic heterocycles. The van der Waals surface area contributed by atoms with Gasteiger partial charge in [0.15, 0.2) is 0 Å². The van der Waals surface area contributed by atoms with Crippen LogP contribution in [-0.2, 0) is 0 Å². The van der Waals surface area contributed by atoms with Crippen molar-refractivity contribution in [3.05, 3.63) is 16.6 Å². The Morgan fingerprint density at radius 1 is 1.33 bits per heavy atom. The molecule has 15 heavy (non-hydrogen) atoms. The zero-order valence-electron chi connectivity index (χ0n) is 9.83. The van der Waals surface area contributed by atoms with E-state index in [1.165, 1.54) is 43.4 Å². The summed E-state index contributed by atoms with van der Waals surface area (Å²) in [6, 6.07) is 0.513. The van der Waals surface area contributed by atoms with Crippen LogP contribution in [0.4, 0.5) is 0 Å². The molecule has 0 aliphatic rings. The van der Waals surface area contributed by atoms with E-state index >= 15 is 0 Å². The standard InChI is InChI=1S/C12H22N2S/c1-3-4-5-6-7-8-11(13-2)12-9-14-10-15-12/h9-11,13H,3-8H2,1-2H3. The first-order valence-electron chi connectivity index (χ1n) is 5.94. The molecule has 1 atom stereocenters. The van der Waals surface area contributed by atoms with Crippen molar-refractivity contribution < 1.29 is 0 Å². The van der Waals surface area contributed by atoms with Crippen LogP contribution in [0.15, 0.2) is 11.7 Å². The van der Waals surface area contributed by atoms with Crippen LogP contribution in [-0.4, -0.2) is 12.0 Å². The summed E-state index contributed by atoms with van der Waals surface area (Å²) >= 11 is 1.75. The predicted molar refractivity (Wildman–Crippen MR) is 67.3 cm³/mol. The van der Waals surface area contributed by atoms with Crippen molar-refractivity contribution in [2.45, 2.75) is 51.5 Å². The van der Waals surface area contributed by atoms with Gasteiger partial charge in [-0.2, -0.15) is 0 Å². The summed E-state index contributed by atoms with van der Waals surface area (Å²) in [5.74, 6) is 0. The van der Waals surface area contributed by atoms with Crippen molar-refractivity contribution in [2.75, 3.05) is 7.05 Å². The molecule has 2 nitrogen and oxygen atoms in total. The smallest absolute Gasteiger partial charge is 0.0794 e. The first-order valence-corrected chi connectivity index (χ1v) is 6.82. The molecule has 1 rings (SSSR count). The third-order valence-corrected chi connectivity index (χ3v) is 3.63. The van der Waals surface area contributed by atoms with Gasteiger partial charge in [0, 0.05) is 17.1 Å². The number of hydrogen-bond acceptors (Lipinski definition) is 3. The van der Waals surface area contributed by atoms with E-state index in [2.05, 4.69) is 17.2 Å². The molecular formula is C12H22N2S. The van der Waals surface area contributed by atoms with E-state index in [-0.39, 0.29) is 0 Å². The maximum atomic E-state index is 4.13. The van der Waals surface area contributed by atoms with Gasteiger partial charge in [-0.05, 0) is 13.5 Å². The Morgan fingerprint density at radius 3 is 2.73 bits per heavy atom. The normalized spacial score (nSPS) is 12.9. The molecular weight excluding hydrogens is 204 g/mol. The molecule has 0 aliphatic carbocycles. The third kappa shape index (κ3) is 4.76. The van der Waals surface area contributed by atoms with Crippen molar-refractivity contribution in [1.29, 1.82) is 0 Å². The Labute approximate surface area is 97.1 Å². The van der Waals surface area contributed by atoms with Gasteiger partial charge in [-0.1, -0.05) is 39.0 Å².